The highest BCUT2D eigenvalue weighted by Gasteiger charge is 2.36. The minimum absolute atomic E-state index is 0.537. The van der Waals surface area contributed by atoms with Gasteiger partial charge in [0.1, 0.15) is 0 Å². The highest BCUT2D eigenvalue weighted by molar-refractivity contribution is 4.90. The first-order chi connectivity index (χ1) is 10.1. The summed E-state index contributed by atoms with van der Waals surface area (Å²) in [6, 6.07) is 0. The summed E-state index contributed by atoms with van der Waals surface area (Å²) in [5, 5.41) is 3.74. The molecule has 2 fully saturated rings. The smallest absolute Gasteiger partial charge is 0.0109 e. The molecule has 3 heteroatoms. The molecule has 21 heavy (non-hydrogen) atoms. The Morgan fingerprint density at radius 3 is 2.76 bits per heavy atom. The molecule has 0 aromatic rings. The van der Waals surface area contributed by atoms with Crippen LogP contribution in [-0.2, 0) is 0 Å². The van der Waals surface area contributed by atoms with Gasteiger partial charge in [0.25, 0.3) is 0 Å². The predicted molar refractivity (Wildman–Crippen MR) is 91.8 cm³/mol. The van der Waals surface area contributed by atoms with E-state index in [-0.39, 0.29) is 0 Å². The number of nitrogens with zero attached hydrogens (tertiary/aromatic N) is 2. The van der Waals surface area contributed by atoms with Crippen LogP contribution in [0.3, 0.4) is 0 Å². The molecule has 1 saturated carbocycles. The summed E-state index contributed by atoms with van der Waals surface area (Å²) in [5.41, 5.74) is 0.537. The van der Waals surface area contributed by atoms with Gasteiger partial charge in [-0.25, -0.2) is 0 Å². The highest BCUT2D eigenvalue weighted by atomic mass is 15.2. The molecule has 1 saturated heterocycles. The summed E-state index contributed by atoms with van der Waals surface area (Å²) in [6.45, 7) is 13.5. The average molecular weight is 296 g/mol. The number of nitrogens with one attached hydrogen (secondary N) is 1. The summed E-state index contributed by atoms with van der Waals surface area (Å²) >= 11 is 0. The Kier molecular flexibility index (Phi) is 6.97. The van der Waals surface area contributed by atoms with E-state index in [1.54, 1.807) is 0 Å². The topological polar surface area (TPSA) is 18.5 Å². The summed E-state index contributed by atoms with van der Waals surface area (Å²) in [7, 11) is 2.27. The summed E-state index contributed by atoms with van der Waals surface area (Å²) < 4.78 is 0. The van der Waals surface area contributed by atoms with Crippen molar-refractivity contribution in [2.75, 3.05) is 52.9 Å². The Morgan fingerprint density at radius 1 is 1.14 bits per heavy atom. The van der Waals surface area contributed by atoms with E-state index < -0.39 is 0 Å². The lowest BCUT2D eigenvalue weighted by molar-refractivity contribution is 0.0820. The number of hydrogen-bond donors (Lipinski definition) is 1. The molecule has 0 aromatic carbocycles. The van der Waals surface area contributed by atoms with E-state index in [2.05, 4.69) is 36.0 Å². The monoisotopic (exact) mass is 295 g/mol. The Bertz CT molecular complexity index is 294. The van der Waals surface area contributed by atoms with Crippen molar-refractivity contribution in [3.05, 3.63) is 0 Å². The van der Waals surface area contributed by atoms with Gasteiger partial charge in [0.15, 0.2) is 0 Å². The van der Waals surface area contributed by atoms with Gasteiger partial charge in [0, 0.05) is 26.2 Å². The molecule has 0 aromatic heterocycles. The fourth-order valence-electron chi connectivity index (χ4n) is 4.39. The number of likely N-dealkylation sites (N-methyl/N-ethyl adjacent to an activating group) is 1. The van der Waals surface area contributed by atoms with Gasteiger partial charge in [0.2, 0.25) is 0 Å². The molecule has 1 heterocycles. The zero-order chi connectivity index (χ0) is 15.1. The molecular weight excluding hydrogens is 258 g/mol. The molecule has 1 aliphatic heterocycles. The summed E-state index contributed by atoms with van der Waals surface area (Å²) in [4.78, 5) is 5.25. The second kappa shape index (κ2) is 8.50. The SMILES string of the molecule is CCCNCC1(CN2CCCN(C)CC2)CCCC(C)C1. The maximum absolute atomic E-state index is 3.74. The van der Waals surface area contributed by atoms with E-state index in [0.29, 0.717) is 5.41 Å². The van der Waals surface area contributed by atoms with Crippen LogP contribution in [0.2, 0.25) is 0 Å². The predicted octanol–water partition coefficient (Wildman–Crippen LogP) is 2.82. The van der Waals surface area contributed by atoms with Gasteiger partial charge >= 0.3 is 0 Å². The summed E-state index contributed by atoms with van der Waals surface area (Å²) in [5.74, 6) is 0.914. The Hall–Kier alpha value is -0.120. The van der Waals surface area contributed by atoms with Gasteiger partial charge in [-0.05, 0) is 63.7 Å². The molecule has 2 aliphatic rings. The van der Waals surface area contributed by atoms with Crippen LogP contribution in [0.15, 0.2) is 0 Å². The maximum atomic E-state index is 3.74. The molecule has 3 nitrogen and oxygen atoms in total. The Balaban J connectivity index is 1.94. The molecule has 2 rings (SSSR count). The standard InChI is InChI=1S/C18H37N3/c1-4-9-19-15-18(8-5-7-17(2)14-18)16-21-11-6-10-20(3)12-13-21/h17,19H,4-16H2,1-3H3. The normalized spacial score (nSPS) is 33.0. The van der Waals surface area contributed by atoms with Gasteiger partial charge in [-0.3, -0.25) is 0 Å². The molecule has 2 unspecified atom stereocenters. The minimum atomic E-state index is 0.537. The quantitative estimate of drug-likeness (QED) is 0.760. The molecule has 0 amide bonds. The number of rotatable bonds is 6. The van der Waals surface area contributed by atoms with E-state index in [1.807, 2.05) is 0 Å². The van der Waals surface area contributed by atoms with Crippen LogP contribution in [0.25, 0.3) is 0 Å². The van der Waals surface area contributed by atoms with E-state index in [4.69, 9.17) is 0 Å². The van der Waals surface area contributed by atoms with E-state index in [9.17, 15) is 0 Å². The van der Waals surface area contributed by atoms with Crippen LogP contribution in [0, 0.1) is 11.3 Å². The first kappa shape index (κ1) is 17.2. The van der Waals surface area contributed by atoms with Crippen molar-refractivity contribution in [3.63, 3.8) is 0 Å². The van der Waals surface area contributed by atoms with Gasteiger partial charge in [-0.2, -0.15) is 0 Å². The fraction of sp³-hybridized carbons (Fsp3) is 1.00. The highest BCUT2D eigenvalue weighted by Crippen LogP contribution is 2.39. The van der Waals surface area contributed by atoms with Crippen molar-refractivity contribution in [3.8, 4) is 0 Å². The van der Waals surface area contributed by atoms with Crippen molar-refractivity contribution in [1.82, 2.24) is 15.1 Å². The third-order valence-electron chi connectivity index (χ3n) is 5.48. The van der Waals surface area contributed by atoms with Gasteiger partial charge in [0.05, 0.1) is 0 Å². The van der Waals surface area contributed by atoms with Gasteiger partial charge < -0.3 is 15.1 Å². The Morgan fingerprint density at radius 2 is 2.00 bits per heavy atom. The third kappa shape index (κ3) is 5.54. The molecule has 0 radical (unpaired) electrons. The zero-order valence-electron chi connectivity index (χ0n) is 14.7. The van der Waals surface area contributed by atoms with Crippen molar-refractivity contribution in [2.45, 2.75) is 52.4 Å². The second-order valence-corrected chi connectivity index (χ2v) is 7.81. The van der Waals surface area contributed by atoms with Crippen molar-refractivity contribution < 1.29 is 0 Å². The lowest BCUT2D eigenvalue weighted by Crippen LogP contribution is -2.47. The molecule has 0 bridgehead atoms. The van der Waals surface area contributed by atoms with Crippen LogP contribution in [0.1, 0.15) is 52.4 Å². The molecule has 124 valence electrons. The average Bonchev–Trinajstić information content (AvgIpc) is 2.64. The van der Waals surface area contributed by atoms with Gasteiger partial charge in [-0.15, -0.1) is 0 Å². The van der Waals surface area contributed by atoms with E-state index in [0.717, 1.165) is 5.92 Å². The largest absolute Gasteiger partial charge is 0.316 e. The number of hydrogen-bond acceptors (Lipinski definition) is 3. The van der Waals surface area contributed by atoms with Crippen molar-refractivity contribution >= 4 is 0 Å². The third-order valence-corrected chi connectivity index (χ3v) is 5.48. The first-order valence-corrected chi connectivity index (χ1v) is 9.25. The second-order valence-electron chi connectivity index (χ2n) is 7.81. The molecule has 0 spiro atoms. The summed E-state index contributed by atoms with van der Waals surface area (Å²) in [6.07, 6.45) is 8.32. The van der Waals surface area contributed by atoms with E-state index >= 15 is 0 Å². The zero-order valence-corrected chi connectivity index (χ0v) is 14.7. The lowest BCUT2D eigenvalue weighted by atomic mass is 9.69. The van der Waals surface area contributed by atoms with Crippen LogP contribution in [0.5, 0.6) is 0 Å². The molecule has 2 atom stereocenters. The Labute approximate surface area is 132 Å². The van der Waals surface area contributed by atoms with E-state index in [1.165, 1.54) is 84.3 Å². The van der Waals surface area contributed by atoms with Crippen LogP contribution in [0.4, 0.5) is 0 Å². The van der Waals surface area contributed by atoms with Crippen LogP contribution < -0.4 is 5.32 Å². The molecule has 1 aliphatic carbocycles. The van der Waals surface area contributed by atoms with Crippen LogP contribution >= 0.6 is 0 Å². The maximum Gasteiger partial charge on any atom is 0.0109 e. The van der Waals surface area contributed by atoms with Gasteiger partial charge in [-0.1, -0.05) is 26.7 Å². The van der Waals surface area contributed by atoms with Crippen molar-refractivity contribution in [1.29, 1.82) is 0 Å². The lowest BCUT2D eigenvalue weighted by Gasteiger charge is -2.43. The van der Waals surface area contributed by atoms with Crippen molar-refractivity contribution in [2.24, 2.45) is 11.3 Å². The van der Waals surface area contributed by atoms with Crippen LogP contribution in [-0.4, -0.2) is 62.7 Å². The fourth-order valence-corrected chi connectivity index (χ4v) is 4.39. The first-order valence-electron chi connectivity index (χ1n) is 9.25. The molecular formula is C18H37N3. The molecule has 1 N–H and O–H groups in total. The minimum Gasteiger partial charge on any atom is -0.316 e.